The molecule has 0 bridgehead atoms. The summed E-state index contributed by atoms with van der Waals surface area (Å²) in [5.41, 5.74) is 1.41. The van der Waals surface area contributed by atoms with E-state index in [1.807, 2.05) is 6.92 Å². The lowest BCUT2D eigenvalue weighted by Gasteiger charge is -2.17. The van der Waals surface area contributed by atoms with Gasteiger partial charge in [0.2, 0.25) is 0 Å². The van der Waals surface area contributed by atoms with Crippen LogP contribution in [0.15, 0.2) is 35.5 Å². The fourth-order valence-corrected chi connectivity index (χ4v) is 3.95. The molecule has 0 spiro atoms. The minimum atomic E-state index is -4.40. The number of fused-ring (bicyclic) bond motifs is 1. The molecule has 1 atom stereocenters. The standard InChI is InChI=1S/C21H20ClF3N4/c1-11-15(5-4-6-17(11)21(23,24)25)12(2)27-20-16-9-19(22)26-10-18(16)29(13(3)28-20)14-7-8-14/h4-6,9-10,12,14H,7-8H2,1-3H3/b27-20-. The lowest BCUT2D eigenvalue weighted by atomic mass is 9.97. The normalized spacial score (nSPS) is 16.4. The minimum Gasteiger partial charge on any atom is -0.325 e. The summed E-state index contributed by atoms with van der Waals surface area (Å²) in [4.78, 5) is 13.5. The second kappa shape index (κ2) is 7.13. The van der Waals surface area contributed by atoms with Gasteiger partial charge in [0.25, 0.3) is 0 Å². The highest BCUT2D eigenvalue weighted by Gasteiger charge is 2.33. The number of nitrogens with zero attached hydrogens (tertiary/aromatic N) is 4. The Labute approximate surface area is 171 Å². The van der Waals surface area contributed by atoms with Crippen LogP contribution in [0.2, 0.25) is 5.15 Å². The molecular formula is C21H20ClF3N4. The third-order valence-electron chi connectivity index (χ3n) is 5.33. The molecule has 1 unspecified atom stereocenters. The first-order valence-corrected chi connectivity index (χ1v) is 9.79. The van der Waals surface area contributed by atoms with Crippen molar-refractivity contribution < 1.29 is 13.2 Å². The SMILES string of the molecule is Cc1c(C(C)/N=c2\nc(C)n(C3CC3)c3cnc(Cl)cc23)cccc1C(F)(F)F. The number of aromatic nitrogens is 3. The third-order valence-corrected chi connectivity index (χ3v) is 5.53. The molecule has 0 amide bonds. The van der Waals surface area contributed by atoms with Crippen molar-refractivity contribution in [1.29, 1.82) is 0 Å². The summed E-state index contributed by atoms with van der Waals surface area (Å²) < 4.78 is 42.0. The van der Waals surface area contributed by atoms with Crippen molar-refractivity contribution >= 4 is 22.5 Å². The first-order chi connectivity index (χ1) is 13.7. The van der Waals surface area contributed by atoms with Gasteiger partial charge in [-0.1, -0.05) is 23.7 Å². The van der Waals surface area contributed by atoms with Crippen LogP contribution in [-0.2, 0) is 6.18 Å². The molecule has 152 valence electrons. The van der Waals surface area contributed by atoms with Crippen LogP contribution in [0.4, 0.5) is 13.2 Å². The van der Waals surface area contributed by atoms with Crippen molar-refractivity contribution in [2.24, 2.45) is 4.99 Å². The first-order valence-electron chi connectivity index (χ1n) is 9.41. The van der Waals surface area contributed by atoms with Gasteiger partial charge in [-0.05, 0) is 56.9 Å². The van der Waals surface area contributed by atoms with Crippen molar-refractivity contribution in [2.75, 3.05) is 0 Å². The molecule has 3 aromatic rings. The average Bonchev–Trinajstić information content (AvgIpc) is 3.46. The van der Waals surface area contributed by atoms with Gasteiger partial charge in [0.05, 0.1) is 23.3 Å². The maximum atomic E-state index is 13.3. The Morgan fingerprint density at radius 3 is 2.62 bits per heavy atom. The van der Waals surface area contributed by atoms with Gasteiger partial charge in [-0.15, -0.1) is 0 Å². The Balaban J connectivity index is 1.89. The van der Waals surface area contributed by atoms with E-state index in [1.165, 1.54) is 13.0 Å². The van der Waals surface area contributed by atoms with Crippen LogP contribution in [0.3, 0.4) is 0 Å². The highest BCUT2D eigenvalue weighted by molar-refractivity contribution is 6.30. The number of alkyl halides is 3. The number of aryl methyl sites for hydroxylation is 1. The van der Waals surface area contributed by atoms with Crippen LogP contribution >= 0.6 is 11.6 Å². The van der Waals surface area contributed by atoms with E-state index in [-0.39, 0.29) is 5.56 Å². The number of benzene rings is 1. The molecule has 1 fully saturated rings. The summed E-state index contributed by atoms with van der Waals surface area (Å²) in [5, 5.41) is 1.07. The van der Waals surface area contributed by atoms with Crippen LogP contribution in [0.5, 0.6) is 0 Å². The molecule has 4 nitrogen and oxygen atoms in total. The van der Waals surface area contributed by atoms with Gasteiger partial charge in [0, 0.05) is 11.4 Å². The van der Waals surface area contributed by atoms with Crippen molar-refractivity contribution in [1.82, 2.24) is 14.5 Å². The van der Waals surface area contributed by atoms with E-state index in [4.69, 9.17) is 11.6 Å². The number of hydrogen-bond acceptors (Lipinski definition) is 3. The third kappa shape index (κ3) is 3.75. The van der Waals surface area contributed by atoms with E-state index in [0.29, 0.717) is 22.2 Å². The second-order valence-electron chi connectivity index (χ2n) is 7.43. The molecule has 0 aliphatic heterocycles. The van der Waals surface area contributed by atoms with Gasteiger partial charge in [0.1, 0.15) is 11.0 Å². The molecule has 1 aromatic carbocycles. The number of pyridine rings is 1. The van der Waals surface area contributed by atoms with E-state index < -0.39 is 17.8 Å². The fourth-order valence-electron chi connectivity index (χ4n) is 3.79. The van der Waals surface area contributed by atoms with Crippen molar-refractivity contribution in [3.05, 3.63) is 63.6 Å². The zero-order chi connectivity index (χ0) is 20.9. The van der Waals surface area contributed by atoms with Crippen LogP contribution in [-0.4, -0.2) is 14.5 Å². The monoisotopic (exact) mass is 420 g/mol. The predicted molar refractivity (Wildman–Crippen MR) is 106 cm³/mol. The van der Waals surface area contributed by atoms with Gasteiger partial charge in [-0.3, -0.25) is 4.99 Å². The summed E-state index contributed by atoms with van der Waals surface area (Å²) >= 11 is 6.11. The molecular weight excluding hydrogens is 401 g/mol. The maximum Gasteiger partial charge on any atom is 0.416 e. The van der Waals surface area contributed by atoms with E-state index >= 15 is 0 Å². The van der Waals surface area contributed by atoms with Gasteiger partial charge in [-0.25, -0.2) is 9.97 Å². The smallest absolute Gasteiger partial charge is 0.325 e. The highest BCUT2D eigenvalue weighted by atomic mass is 35.5. The number of hydrogen-bond donors (Lipinski definition) is 0. The Bertz CT molecular complexity index is 1160. The van der Waals surface area contributed by atoms with Crippen LogP contribution < -0.4 is 5.49 Å². The topological polar surface area (TPSA) is 43.1 Å². The van der Waals surface area contributed by atoms with Gasteiger partial charge in [0.15, 0.2) is 5.49 Å². The molecule has 29 heavy (non-hydrogen) atoms. The van der Waals surface area contributed by atoms with E-state index in [0.717, 1.165) is 35.6 Å². The summed E-state index contributed by atoms with van der Waals surface area (Å²) in [6.45, 7) is 5.16. The van der Waals surface area contributed by atoms with Crippen molar-refractivity contribution in [3.63, 3.8) is 0 Å². The van der Waals surface area contributed by atoms with E-state index in [2.05, 4.69) is 19.5 Å². The lowest BCUT2D eigenvalue weighted by molar-refractivity contribution is -0.138. The Kier molecular flexibility index (Phi) is 4.89. The summed E-state index contributed by atoms with van der Waals surface area (Å²) in [7, 11) is 0. The quantitative estimate of drug-likeness (QED) is 0.509. The lowest BCUT2D eigenvalue weighted by Crippen LogP contribution is -2.19. The summed E-state index contributed by atoms with van der Waals surface area (Å²) in [5.74, 6) is 0.802. The summed E-state index contributed by atoms with van der Waals surface area (Å²) in [6.07, 6.45) is -0.518. The number of rotatable bonds is 3. The minimum absolute atomic E-state index is 0.181. The fraction of sp³-hybridized carbons (Fsp3) is 0.381. The van der Waals surface area contributed by atoms with Crippen LogP contribution in [0, 0.1) is 13.8 Å². The molecule has 1 aliphatic rings. The molecule has 0 radical (unpaired) electrons. The van der Waals surface area contributed by atoms with Gasteiger partial charge < -0.3 is 4.57 Å². The molecule has 1 aliphatic carbocycles. The van der Waals surface area contributed by atoms with Crippen LogP contribution in [0.25, 0.3) is 10.9 Å². The molecule has 2 aromatic heterocycles. The molecule has 8 heteroatoms. The Morgan fingerprint density at radius 1 is 1.24 bits per heavy atom. The van der Waals surface area contributed by atoms with Crippen molar-refractivity contribution in [2.45, 2.75) is 51.9 Å². The van der Waals surface area contributed by atoms with Crippen LogP contribution in [0.1, 0.15) is 54.4 Å². The zero-order valence-electron chi connectivity index (χ0n) is 16.3. The highest BCUT2D eigenvalue weighted by Crippen LogP contribution is 2.38. The first kappa shape index (κ1) is 19.9. The molecule has 0 N–H and O–H groups in total. The average molecular weight is 421 g/mol. The van der Waals surface area contributed by atoms with E-state index in [9.17, 15) is 13.2 Å². The van der Waals surface area contributed by atoms with E-state index in [1.54, 1.807) is 25.3 Å². The molecule has 2 heterocycles. The molecule has 4 rings (SSSR count). The number of halogens is 4. The largest absolute Gasteiger partial charge is 0.416 e. The van der Waals surface area contributed by atoms with Gasteiger partial charge >= 0.3 is 6.18 Å². The predicted octanol–water partition coefficient (Wildman–Crippen LogP) is 5.72. The summed E-state index contributed by atoms with van der Waals surface area (Å²) in [6, 6.07) is 5.79. The van der Waals surface area contributed by atoms with Crippen molar-refractivity contribution in [3.8, 4) is 0 Å². The Morgan fingerprint density at radius 2 is 1.97 bits per heavy atom. The second-order valence-corrected chi connectivity index (χ2v) is 7.82. The zero-order valence-corrected chi connectivity index (χ0v) is 17.0. The Hall–Kier alpha value is -2.41. The van der Waals surface area contributed by atoms with Gasteiger partial charge in [-0.2, -0.15) is 13.2 Å². The maximum absolute atomic E-state index is 13.3. The molecule has 1 saturated carbocycles. The molecule has 0 saturated heterocycles.